The second kappa shape index (κ2) is 8.35. The molecule has 0 unspecified atom stereocenters. The molecule has 0 spiro atoms. The van der Waals surface area contributed by atoms with Crippen LogP contribution in [-0.4, -0.2) is 12.1 Å². The minimum atomic E-state index is -0.516. The standard InChI is InChI=1S/C27H25F2NO3/c1-15-11-16(27(2,3)4)12-24(33-22-10-9-17(28)13-23(22)32-5)25(15)20-14-21(31)18-7-6-8-19(29)26(18)30-20/h6-14H,1-5H3,(H,30,31). The number of aromatic nitrogens is 1. The number of ether oxygens (including phenoxy) is 2. The molecule has 0 amide bonds. The molecule has 0 radical (unpaired) electrons. The number of hydrogen-bond donors (Lipinski definition) is 1. The fourth-order valence-electron chi connectivity index (χ4n) is 3.83. The van der Waals surface area contributed by atoms with Crippen LogP contribution in [0.15, 0.2) is 59.4 Å². The molecule has 1 aromatic heterocycles. The number of benzene rings is 3. The van der Waals surface area contributed by atoms with Gasteiger partial charge in [0.25, 0.3) is 0 Å². The van der Waals surface area contributed by atoms with Crippen LogP contribution in [0, 0.1) is 18.6 Å². The smallest absolute Gasteiger partial charge is 0.190 e. The van der Waals surface area contributed by atoms with Crippen LogP contribution in [0.5, 0.6) is 17.2 Å². The van der Waals surface area contributed by atoms with Crippen molar-refractivity contribution in [1.29, 1.82) is 0 Å². The Bertz CT molecular complexity index is 1420. The van der Waals surface area contributed by atoms with Crippen molar-refractivity contribution in [3.63, 3.8) is 0 Å². The maximum absolute atomic E-state index is 14.5. The van der Waals surface area contributed by atoms with Crippen molar-refractivity contribution in [3.05, 3.63) is 87.6 Å². The summed E-state index contributed by atoms with van der Waals surface area (Å²) in [5, 5.41) is 0.269. The first kappa shape index (κ1) is 22.5. The van der Waals surface area contributed by atoms with Crippen molar-refractivity contribution < 1.29 is 18.3 Å². The Morgan fingerprint density at radius 2 is 1.67 bits per heavy atom. The lowest BCUT2D eigenvalue weighted by Crippen LogP contribution is -2.12. The molecule has 6 heteroatoms. The van der Waals surface area contributed by atoms with E-state index < -0.39 is 11.6 Å². The van der Waals surface area contributed by atoms with Crippen LogP contribution < -0.4 is 14.9 Å². The lowest BCUT2D eigenvalue weighted by Gasteiger charge is -2.24. The number of pyridine rings is 1. The minimum absolute atomic E-state index is 0.129. The van der Waals surface area contributed by atoms with E-state index in [1.807, 2.05) is 19.1 Å². The van der Waals surface area contributed by atoms with Crippen LogP contribution in [0.3, 0.4) is 0 Å². The second-order valence-electron chi connectivity index (χ2n) is 9.02. The molecule has 33 heavy (non-hydrogen) atoms. The molecule has 0 aliphatic heterocycles. The summed E-state index contributed by atoms with van der Waals surface area (Å²) < 4.78 is 39.8. The third-order valence-electron chi connectivity index (χ3n) is 5.59. The average Bonchev–Trinajstić information content (AvgIpc) is 2.74. The number of aromatic amines is 1. The average molecular weight is 449 g/mol. The van der Waals surface area contributed by atoms with Gasteiger partial charge in [-0.3, -0.25) is 4.79 Å². The molecule has 0 aliphatic carbocycles. The zero-order valence-electron chi connectivity index (χ0n) is 19.2. The summed E-state index contributed by atoms with van der Waals surface area (Å²) in [6.07, 6.45) is 0. The molecule has 1 heterocycles. The summed E-state index contributed by atoms with van der Waals surface area (Å²) in [4.78, 5) is 15.8. The SMILES string of the molecule is COc1cc(F)ccc1Oc1cc(C(C)(C)C)cc(C)c1-c1cc(=O)c2cccc(F)c2[nH]1. The Labute approximate surface area is 190 Å². The number of halogens is 2. The number of para-hydroxylation sites is 1. The van der Waals surface area contributed by atoms with E-state index in [4.69, 9.17) is 9.47 Å². The Morgan fingerprint density at radius 3 is 2.36 bits per heavy atom. The quantitative estimate of drug-likeness (QED) is 0.369. The van der Waals surface area contributed by atoms with Gasteiger partial charge in [0.1, 0.15) is 17.4 Å². The minimum Gasteiger partial charge on any atom is -0.493 e. The Kier molecular flexibility index (Phi) is 5.70. The first-order valence-electron chi connectivity index (χ1n) is 10.6. The summed E-state index contributed by atoms with van der Waals surface area (Å²) >= 11 is 0. The van der Waals surface area contributed by atoms with E-state index in [2.05, 4.69) is 25.8 Å². The number of H-pyrrole nitrogens is 1. The first-order valence-corrected chi connectivity index (χ1v) is 10.6. The van der Waals surface area contributed by atoms with Gasteiger partial charge in [0.15, 0.2) is 16.9 Å². The van der Waals surface area contributed by atoms with Gasteiger partial charge in [0.05, 0.1) is 18.3 Å². The molecule has 170 valence electrons. The van der Waals surface area contributed by atoms with Crippen LogP contribution in [-0.2, 0) is 5.41 Å². The van der Waals surface area contributed by atoms with Gasteiger partial charge < -0.3 is 14.5 Å². The van der Waals surface area contributed by atoms with Crippen molar-refractivity contribution in [2.75, 3.05) is 7.11 Å². The van der Waals surface area contributed by atoms with Crippen molar-refractivity contribution in [2.24, 2.45) is 0 Å². The molecule has 0 fully saturated rings. The van der Waals surface area contributed by atoms with Crippen molar-refractivity contribution in [2.45, 2.75) is 33.1 Å². The van der Waals surface area contributed by atoms with Crippen molar-refractivity contribution >= 4 is 10.9 Å². The molecule has 4 aromatic rings. The third-order valence-corrected chi connectivity index (χ3v) is 5.59. The van der Waals surface area contributed by atoms with E-state index in [1.54, 1.807) is 6.07 Å². The second-order valence-corrected chi connectivity index (χ2v) is 9.02. The van der Waals surface area contributed by atoms with Crippen LogP contribution >= 0.6 is 0 Å². The summed E-state index contributed by atoms with van der Waals surface area (Å²) in [5.41, 5.74) is 2.52. The topological polar surface area (TPSA) is 51.3 Å². The molecule has 0 aliphatic rings. The summed E-state index contributed by atoms with van der Waals surface area (Å²) in [7, 11) is 1.43. The molecule has 1 N–H and O–H groups in total. The van der Waals surface area contributed by atoms with E-state index in [9.17, 15) is 13.6 Å². The number of fused-ring (bicyclic) bond motifs is 1. The van der Waals surface area contributed by atoms with Gasteiger partial charge in [-0.15, -0.1) is 0 Å². The lowest BCUT2D eigenvalue weighted by atomic mass is 9.84. The first-order chi connectivity index (χ1) is 15.6. The van der Waals surface area contributed by atoms with E-state index in [-0.39, 0.29) is 27.5 Å². The van der Waals surface area contributed by atoms with Crippen LogP contribution in [0.1, 0.15) is 31.9 Å². The molecule has 0 saturated carbocycles. The monoisotopic (exact) mass is 449 g/mol. The Morgan fingerprint density at radius 1 is 0.909 bits per heavy atom. The summed E-state index contributed by atoms with van der Waals surface area (Å²) in [5.74, 6) is 0.0281. The molecular weight excluding hydrogens is 424 g/mol. The maximum Gasteiger partial charge on any atom is 0.190 e. The number of hydrogen-bond acceptors (Lipinski definition) is 3. The molecule has 0 saturated heterocycles. The van der Waals surface area contributed by atoms with E-state index in [1.165, 1.54) is 43.5 Å². The molecule has 4 rings (SSSR count). The summed E-state index contributed by atoms with van der Waals surface area (Å²) in [6.45, 7) is 8.15. The van der Waals surface area contributed by atoms with Gasteiger partial charge in [-0.2, -0.15) is 0 Å². The third kappa shape index (κ3) is 4.33. The highest BCUT2D eigenvalue weighted by Gasteiger charge is 2.22. The van der Waals surface area contributed by atoms with Gasteiger partial charge in [0.2, 0.25) is 0 Å². The predicted octanol–water partition coefficient (Wildman–Crippen LogP) is 6.88. The Hall–Kier alpha value is -3.67. The van der Waals surface area contributed by atoms with Gasteiger partial charge in [0, 0.05) is 23.1 Å². The molecule has 0 bridgehead atoms. The highest BCUT2D eigenvalue weighted by molar-refractivity contribution is 5.84. The van der Waals surface area contributed by atoms with Crippen molar-refractivity contribution in [3.8, 4) is 28.5 Å². The van der Waals surface area contributed by atoms with Gasteiger partial charge in [-0.25, -0.2) is 8.78 Å². The molecule has 4 nitrogen and oxygen atoms in total. The lowest BCUT2D eigenvalue weighted by molar-refractivity contribution is 0.375. The normalized spacial score (nSPS) is 11.6. The van der Waals surface area contributed by atoms with Crippen molar-refractivity contribution in [1.82, 2.24) is 4.98 Å². The number of nitrogens with one attached hydrogen (secondary N) is 1. The Balaban J connectivity index is 1.98. The van der Waals surface area contributed by atoms with Gasteiger partial charge in [-0.05, 0) is 53.8 Å². The highest BCUT2D eigenvalue weighted by Crippen LogP contribution is 2.41. The van der Waals surface area contributed by atoms with E-state index in [0.717, 1.165) is 11.1 Å². The largest absolute Gasteiger partial charge is 0.493 e. The molecule has 0 atom stereocenters. The fourth-order valence-corrected chi connectivity index (χ4v) is 3.83. The highest BCUT2D eigenvalue weighted by atomic mass is 19.1. The zero-order chi connectivity index (χ0) is 23.9. The van der Waals surface area contributed by atoms with Gasteiger partial charge >= 0.3 is 0 Å². The van der Waals surface area contributed by atoms with E-state index in [0.29, 0.717) is 22.8 Å². The van der Waals surface area contributed by atoms with Crippen LogP contribution in [0.25, 0.3) is 22.2 Å². The van der Waals surface area contributed by atoms with Gasteiger partial charge in [-0.1, -0.05) is 32.9 Å². The number of rotatable bonds is 4. The van der Waals surface area contributed by atoms with Crippen LogP contribution in [0.2, 0.25) is 0 Å². The molecule has 3 aromatic carbocycles. The van der Waals surface area contributed by atoms with Crippen LogP contribution in [0.4, 0.5) is 8.78 Å². The van der Waals surface area contributed by atoms with E-state index >= 15 is 0 Å². The fraction of sp³-hybridized carbons (Fsp3) is 0.222. The number of methoxy groups -OCH3 is 1. The predicted molar refractivity (Wildman–Crippen MR) is 126 cm³/mol. The number of aryl methyl sites for hydroxylation is 1. The summed E-state index contributed by atoms with van der Waals surface area (Å²) in [6, 6.07) is 13.7. The molecular formula is C27H25F2NO3. The maximum atomic E-state index is 14.5. The zero-order valence-corrected chi connectivity index (χ0v) is 19.2.